The largest absolute Gasteiger partial charge is 0.497 e. The average molecular weight is 275 g/mol. The number of halogens is 1. The average Bonchev–Trinajstić information content (AvgIpc) is 2.48. The van der Waals surface area contributed by atoms with Crippen LogP contribution >= 0.6 is 0 Å². The molecule has 0 aliphatic rings. The summed E-state index contributed by atoms with van der Waals surface area (Å²) in [5.41, 5.74) is 7.18. The lowest BCUT2D eigenvalue weighted by Gasteiger charge is -2.22. The van der Waals surface area contributed by atoms with E-state index in [1.54, 1.807) is 19.2 Å². The first-order chi connectivity index (χ1) is 9.65. The summed E-state index contributed by atoms with van der Waals surface area (Å²) in [6.45, 7) is 0.268. The van der Waals surface area contributed by atoms with Crippen molar-refractivity contribution in [2.75, 3.05) is 13.7 Å². The lowest BCUT2D eigenvalue weighted by molar-refractivity contribution is 0.147. The molecule has 0 aliphatic carbocycles. The summed E-state index contributed by atoms with van der Waals surface area (Å²) in [6.07, 6.45) is -0.843. The normalized spacial score (nSPS) is 13.8. The third kappa shape index (κ3) is 3.15. The van der Waals surface area contributed by atoms with Crippen molar-refractivity contribution in [2.45, 2.75) is 12.0 Å². The molecular formula is C16H18FNO2. The minimum Gasteiger partial charge on any atom is -0.497 e. The smallest absolute Gasteiger partial charge is 0.123 e. The molecule has 0 aromatic heterocycles. The second kappa shape index (κ2) is 6.50. The first kappa shape index (κ1) is 14.5. The van der Waals surface area contributed by atoms with Gasteiger partial charge in [0, 0.05) is 12.5 Å². The number of rotatable bonds is 5. The van der Waals surface area contributed by atoms with Crippen molar-refractivity contribution in [3.05, 3.63) is 65.5 Å². The third-order valence-electron chi connectivity index (χ3n) is 3.37. The number of hydrogen-bond acceptors (Lipinski definition) is 3. The van der Waals surface area contributed by atoms with Gasteiger partial charge < -0.3 is 15.6 Å². The SMILES string of the molecule is COc1ccc(C(CN)C(O)c2cccc(F)c2)cc1. The molecule has 0 saturated heterocycles. The van der Waals surface area contributed by atoms with E-state index in [2.05, 4.69) is 0 Å². The van der Waals surface area contributed by atoms with E-state index in [0.29, 0.717) is 5.56 Å². The van der Waals surface area contributed by atoms with Gasteiger partial charge in [-0.15, -0.1) is 0 Å². The van der Waals surface area contributed by atoms with E-state index in [9.17, 15) is 9.50 Å². The van der Waals surface area contributed by atoms with Gasteiger partial charge in [-0.25, -0.2) is 4.39 Å². The molecule has 0 radical (unpaired) electrons. The van der Waals surface area contributed by atoms with Crippen LogP contribution < -0.4 is 10.5 Å². The quantitative estimate of drug-likeness (QED) is 0.882. The highest BCUT2D eigenvalue weighted by Crippen LogP contribution is 2.31. The summed E-state index contributed by atoms with van der Waals surface area (Å²) in [5.74, 6) is 0.0829. The Balaban J connectivity index is 2.26. The van der Waals surface area contributed by atoms with Crippen molar-refractivity contribution in [1.29, 1.82) is 0 Å². The summed E-state index contributed by atoms with van der Waals surface area (Å²) >= 11 is 0. The fourth-order valence-corrected chi connectivity index (χ4v) is 2.22. The van der Waals surface area contributed by atoms with Crippen LogP contribution in [0.25, 0.3) is 0 Å². The standard InChI is InChI=1S/C16H18FNO2/c1-20-14-7-5-11(6-8-14)15(10-18)16(19)12-3-2-4-13(17)9-12/h2-9,15-16,19H,10,18H2,1H3. The fourth-order valence-electron chi connectivity index (χ4n) is 2.22. The molecule has 2 aromatic carbocycles. The highest BCUT2D eigenvalue weighted by Gasteiger charge is 2.21. The molecular weight excluding hydrogens is 257 g/mol. The van der Waals surface area contributed by atoms with E-state index >= 15 is 0 Å². The molecule has 0 amide bonds. The van der Waals surface area contributed by atoms with Gasteiger partial charge in [0.1, 0.15) is 11.6 Å². The molecule has 2 rings (SSSR count). The van der Waals surface area contributed by atoms with Crippen LogP contribution in [0.3, 0.4) is 0 Å². The number of aliphatic hydroxyl groups is 1. The first-order valence-corrected chi connectivity index (χ1v) is 6.43. The zero-order chi connectivity index (χ0) is 14.5. The molecule has 0 fully saturated rings. The number of hydrogen-bond donors (Lipinski definition) is 2. The van der Waals surface area contributed by atoms with Crippen molar-refractivity contribution in [3.63, 3.8) is 0 Å². The van der Waals surface area contributed by atoms with Gasteiger partial charge >= 0.3 is 0 Å². The van der Waals surface area contributed by atoms with Crippen molar-refractivity contribution in [1.82, 2.24) is 0 Å². The summed E-state index contributed by atoms with van der Waals surface area (Å²) in [7, 11) is 1.59. The number of methoxy groups -OCH3 is 1. The second-order valence-electron chi connectivity index (χ2n) is 4.62. The predicted molar refractivity (Wildman–Crippen MR) is 76.1 cm³/mol. The van der Waals surface area contributed by atoms with Crippen LogP contribution in [-0.4, -0.2) is 18.8 Å². The maximum atomic E-state index is 13.2. The fraction of sp³-hybridized carbons (Fsp3) is 0.250. The van der Waals surface area contributed by atoms with Crippen molar-refractivity contribution in [3.8, 4) is 5.75 Å². The number of nitrogens with two attached hydrogens (primary N) is 1. The third-order valence-corrected chi connectivity index (χ3v) is 3.37. The molecule has 2 aromatic rings. The van der Waals surface area contributed by atoms with E-state index in [4.69, 9.17) is 10.5 Å². The Hall–Kier alpha value is -1.91. The molecule has 2 atom stereocenters. The Morgan fingerprint density at radius 2 is 1.85 bits per heavy atom. The van der Waals surface area contributed by atoms with Gasteiger partial charge in [-0.05, 0) is 35.4 Å². The molecule has 3 nitrogen and oxygen atoms in total. The monoisotopic (exact) mass is 275 g/mol. The van der Waals surface area contributed by atoms with E-state index in [1.165, 1.54) is 12.1 Å². The van der Waals surface area contributed by atoms with E-state index in [0.717, 1.165) is 11.3 Å². The van der Waals surface area contributed by atoms with Crippen molar-refractivity contribution >= 4 is 0 Å². The summed E-state index contributed by atoms with van der Waals surface area (Å²) < 4.78 is 18.3. The van der Waals surface area contributed by atoms with Gasteiger partial charge in [0.05, 0.1) is 13.2 Å². The molecule has 0 spiro atoms. The molecule has 0 heterocycles. The Kier molecular flexibility index (Phi) is 4.71. The highest BCUT2D eigenvalue weighted by atomic mass is 19.1. The van der Waals surface area contributed by atoms with Gasteiger partial charge in [0.2, 0.25) is 0 Å². The highest BCUT2D eigenvalue weighted by molar-refractivity contribution is 5.32. The number of ether oxygens (including phenoxy) is 1. The van der Waals surface area contributed by atoms with Gasteiger partial charge in [0.15, 0.2) is 0 Å². The Morgan fingerprint density at radius 3 is 2.40 bits per heavy atom. The van der Waals surface area contributed by atoms with E-state index in [-0.39, 0.29) is 18.3 Å². The Labute approximate surface area is 117 Å². The molecule has 4 heteroatoms. The summed E-state index contributed by atoms with van der Waals surface area (Å²) in [6, 6.07) is 13.3. The molecule has 0 aliphatic heterocycles. The van der Waals surface area contributed by atoms with Gasteiger partial charge in [-0.3, -0.25) is 0 Å². The van der Waals surface area contributed by atoms with Crippen LogP contribution in [0.1, 0.15) is 23.1 Å². The van der Waals surface area contributed by atoms with Gasteiger partial charge in [0.25, 0.3) is 0 Å². The lowest BCUT2D eigenvalue weighted by atomic mass is 9.89. The number of benzene rings is 2. The molecule has 20 heavy (non-hydrogen) atoms. The van der Waals surface area contributed by atoms with Crippen LogP contribution in [0.5, 0.6) is 5.75 Å². The molecule has 3 N–H and O–H groups in total. The van der Waals surface area contributed by atoms with Crippen LogP contribution in [-0.2, 0) is 0 Å². The first-order valence-electron chi connectivity index (χ1n) is 6.43. The molecule has 0 bridgehead atoms. The Morgan fingerprint density at radius 1 is 1.15 bits per heavy atom. The van der Waals surface area contributed by atoms with E-state index in [1.807, 2.05) is 24.3 Å². The number of aliphatic hydroxyl groups excluding tert-OH is 1. The van der Waals surface area contributed by atoms with E-state index < -0.39 is 6.10 Å². The molecule has 2 unspecified atom stereocenters. The summed E-state index contributed by atoms with van der Waals surface area (Å²) in [4.78, 5) is 0. The second-order valence-corrected chi connectivity index (χ2v) is 4.62. The van der Waals surface area contributed by atoms with Crippen molar-refractivity contribution in [2.24, 2.45) is 5.73 Å². The summed E-state index contributed by atoms with van der Waals surface area (Å²) in [5, 5.41) is 10.4. The van der Waals surface area contributed by atoms with Crippen LogP contribution in [0, 0.1) is 5.82 Å². The molecule has 106 valence electrons. The lowest BCUT2D eigenvalue weighted by Crippen LogP contribution is -2.20. The minimum atomic E-state index is -0.843. The minimum absolute atomic E-state index is 0.268. The van der Waals surface area contributed by atoms with Crippen LogP contribution in [0.4, 0.5) is 4.39 Å². The zero-order valence-electron chi connectivity index (χ0n) is 11.3. The van der Waals surface area contributed by atoms with Crippen LogP contribution in [0.15, 0.2) is 48.5 Å². The maximum absolute atomic E-state index is 13.2. The van der Waals surface area contributed by atoms with Gasteiger partial charge in [-0.1, -0.05) is 24.3 Å². The zero-order valence-corrected chi connectivity index (χ0v) is 11.3. The topological polar surface area (TPSA) is 55.5 Å². The van der Waals surface area contributed by atoms with Crippen molar-refractivity contribution < 1.29 is 14.2 Å². The van der Waals surface area contributed by atoms with Gasteiger partial charge in [-0.2, -0.15) is 0 Å². The molecule has 0 saturated carbocycles. The maximum Gasteiger partial charge on any atom is 0.123 e. The van der Waals surface area contributed by atoms with Crippen LogP contribution in [0.2, 0.25) is 0 Å². The predicted octanol–water partition coefficient (Wildman–Crippen LogP) is 2.61. The Bertz CT molecular complexity index is 557.